The predicted molar refractivity (Wildman–Crippen MR) is 48.8 cm³/mol. The molecular formula is C11H16O. The number of hydrogen-bond acceptors (Lipinski definition) is 1. The van der Waals surface area contributed by atoms with Crippen molar-refractivity contribution in [2.45, 2.75) is 33.6 Å². The Kier molecular flexibility index (Phi) is 1.23. The van der Waals surface area contributed by atoms with Gasteiger partial charge in [0.25, 0.3) is 0 Å². The molecule has 0 aromatic rings. The lowest BCUT2D eigenvalue weighted by Gasteiger charge is -2.31. The summed E-state index contributed by atoms with van der Waals surface area (Å²) < 4.78 is 0. The normalized spacial score (nSPS) is 44.1. The second-order valence-electron chi connectivity index (χ2n) is 5.00. The van der Waals surface area contributed by atoms with Gasteiger partial charge in [-0.05, 0) is 29.7 Å². The molecule has 0 unspecified atom stereocenters. The number of carbonyl (C=O) groups excluding carboxylic acids is 1. The number of ketones is 1. The summed E-state index contributed by atoms with van der Waals surface area (Å²) in [6.07, 6.45) is 2.22. The highest BCUT2D eigenvalue weighted by atomic mass is 16.1. The van der Waals surface area contributed by atoms with E-state index in [1.54, 1.807) is 0 Å². The van der Waals surface area contributed by atoms with Gasteiger partial charge in [-0.3, -0.25) is 4.79 Å². The maximum atomic E-state index is 11.8. The zero-order chi connectivity index (χ0) is 9.15. The van der Waals surface area contributed by atoms with E-state index in [0.717, 1.165) is 18.4 Å². The largest absolute Gasteiger partial charge is 0.294 e. The monoisotopic (exact) mass is 164 g/mol. The van der Waals surface area contributed by atoms with Crippen LogP contribution in [0.25, 0.3) is 0 Å². The number of Topliss-reactive ketones (excluding diaryl/α,β-unsaturated/α-hetero) is 1. The summed E-state index contributed by atoms with van der Waals surface area (Å²) in [5, 5.41) is 0. The van der Waals surface area contributed by atoms with Gasteiger partial charge in [0.1, 0.15) is 0 Å². The third kappa shape index (κ3) is 0.562. The minimum absolute atomic E-state index is 0.102. The number of carbonyl (C=O) groups is 1. The van der Waals surface area contributed by atoms with Crippen molar-refractivity contribution in [2.75, 3.05) is 0 Å². The molecule has 0 spiro atoms. The molecule has 2 rings (SSSR count). The van der Waals surface area contributed by atoms with Gasteiger partial charge in [0.15, 0.2) is 5.78 Å². The molecular weight excluding hydrogens is 148 g/mol. The average Bonchev–Trinajstić information content (AvgIpc) is 2.26. The molecule has 12 heavy (non-hydrogen) atoms. The van der Waals surface area contributed by atoms with Crippen LogP contribution in [0.4, 0.5) is 0 Å². The Bertz CT molecular complexity index is 275. The van der Waals surface area contributed by atoms with Crippen molar-refractivity contribution >= 4 is 5.78 Å². The number of allylic oxidation sites excluding steroid dienone is 1. The van der Waals surface area contributed by atoms with E-state index in [0.29, 0.717) is 11.7 Å². The molecule has 0 saturated heterocycles. The Morgan fingerprint density at radius 1 is 1.42 bits per heavy atom. The van der Waals surface area contributed by atoms with E-state index >= 15 is 0 Å². The fourth-order valence-electron chi connectivity index (χ4n) is 3.03. The van der Waals surface area contributed by atoms with Crippen LogP contribution in [0, 0.1) is 16.7 Å². The molecule has 0 aliphatic heterocycles. The van der Waals surface area contributed by atoms with Crippen LogP contribution in [0.3, 0.4) is 0 Å². The zero-order valence-electron chi connectivity index (χ0n) is 8.11. The van der Waals surface area contributed by atoms with E-state index < -0.39 is 0 Å². The van der Waals surface area contributed by atoms with Crippen molar-refractivity contribution < 1.29 is 4.79 Å². The van der Waals surface area contributed by atoms with Crippen molar-refractivity contribution in [3.8, 4) is 0 Å². The highest BCUT2D eigenvalue weighted by molar-refractivity contribution is 6.04. The molecule has 0 aromatic carbocycles. The Morgan fingerprint density at radius 3 is 2.25 bits per heavy atom. The molecule has 2 aliphatic rings. The molecule has 2 atom stereocenters. The van der Waals surface area contributed by atoms with E-state index in [9.17, 15) is 4.79 Å². The fraction of sp³-hybridized carbons (Fsp3) is 0.727. The fourth-order valence-corrected chi connectivity index (χ4v) is 3.03. The first-order valence-electron chi connectivity index (χ1n) is 4.65. The third-order valence-corrected chi connectivity index (χ3v) is 4.44. The summed E-state index contributed by atoms with van der Waals surface area (Å²) >= 11 is 0. The van der Waals surface area contributed by atoms with Crippen molar-refractivity contribution in [3.63, 3.8) is 0 Å². The van der Waals surface area contributed by atoms with Crippen molar-refractivity contribution in [1.29, 1.82) is 0 Å². The summed E-state index contributed by atoms with van der Waals surface area (Å²) in [6, 6.07) is 0. The Balaban J connectivity index is 2.58. The summed E-state index contributed by atoms with van der Waals surface area (Å²) in [6.45, 7) is 10.4. The second kappa shape index (κ2) is 1.84. The topological polar surface area (TPSA) is 17.1 Å². The SMILES string of the molecule is C=C1C(=O)[C@]2(C)CC[C@H]1C2(C)C. The predicted octanol–water partition coefficient (Wildman–Crippen LogP) is 2.57. The van der Waals surface area contributed by atoms with Gasteiger partial charge in [-0.1, -0.05) is 27.4 Å². The van der Waals surface area contributed by atoms with Gasteiger partial charge < -0.3 is 0 Å². The molecule has 0 heterocycles. The standard InChI is InChI=1S/C11H16O/c1-7-8-5-6-11(4,9(7)12)10(8,2)3/h8H,1,5-6H2,2-4H3/t8-,11+/m1/s1. The maximum Gasteiger partial charge on any atom is 0.164 e. The van der Waals surface area contributed by atoms with Crippen molar-refractivity contribution in [1.82, 2.24) is 0 Å². The van der Waals surface area contributed by atoms with Gasteiger partial charge in [0.2, 0.25) is 0 Å². The minimum Gasteiger partial charge on any atom is -0.294 e. The summed E-state index contributed by atoms with van der Waals surface area (Å²) in [4.78, 5) is 11.8. The van der Waals surface area contributed by atoms with Crippen LogP contribution in [0.5, 0.6) is 0 Å². The molecule has 2 saturated carbocycles. The highest BCUT2D eigenvalue weighted by Crippen LogP contribution is 2.65. The van der Waals surface area contributed by atoms with Crippen LogP contribution in [0.15, 0.2) is 12.2 Å². The van der Waals surface area contributed by atoms with Gasteiger partial charge in [0, 0.05) is 5.41 Å². The molecule has 0 amide bonds. The van der Waals surface area contributed by atoms with E-state index in [1.807, 2.05) is 0 Å². The van der Waals surface area contributed by atoms with Gasteiger partial charge in [-0.25, -0.2) is 0 Å². The molecule has 2 aliphatic carbocycles. The van der Waals surface area contributed by atoms with E-state index in [4.69, 9.17) is 0 Å². The van der Waals surface area contributed by atoms with Gasteiger partial charge in [-0.15, -0.1) is 0 Å². The summed E-state index contributed by atoms with van der Waals surface area (Å²) in [5.41, 5.74) is 0.935. The number of hydrogen-bond donors (Lipinski definition) is 0. The van der Waals surface area contributed by atoms with Crippen LogP contribution in [0.2, 0.25) is 0 Å². The molecule has 1 heteroatoms. The van der Waals surface area contributed by atoms with E-state index in [2.05, 4.69) is 27.4 Å². The van der Waals surface area contributed by atoms with Crippen molar-refractivity contribution in [3.05, 3.63) is 12.2 Å². The van der Waals surface area contributed by atoms with Crippen LogP contribution >= 0.6 is 0 Å². The summed E-state index contributed by atoms with van der Waals surface area (Å²) in [7, 11) is 0. The quantitative estimate of drug-likeness (QED) is 0.503. The molecule has 0 N–H and O–H groups in total. The molecule has 0 aromatic heterocycles. The van der Waals surface area contributed by atoms with Crippen LogP contribution in [-0.2, 0) is 4.79 Å². The molecule has 2 bridgehead atoms. The Morgan fingerprint density at radius 2 is 2.00 bits per heavy atom. The van der Waals surface area contributed by atoms with Gasteiger partial charge >= 0.3 is 0 Å². The van der Waals surface area contributed by atoms with Gasteiger partial charge in [-0.2, -0.15) is 0 Å². The third-order valence-electron chi connectivity index (χ3n) is 4.44. The van der Waals surface area contributed by atoms with E-state index in [-0.39, 0.29) is 10.8 Å². The first kappa shape index (κ1) is 8.03. The molecule has 1 nitrogen and oxygen atoms in total. The first-order valence-corrected chi connectivity index (χ1v) is 4.65. The molecule has 2 fully saturated rings. The first-order chi connectivity index (χ1) is 5.41. The zero-order valence-corrected chi connectivity index (χ0v) is 8.11. The second-order valence-corrected chi connectivity index (χ2v) is 5.00. The van der Waals surface area contributed by atoms with Crippen LogP contribution < -0.4 is 0 Å². The van der Waals surface area contributed by atoms with Crippen molar-refractivity contribution in [2.24, 2.45) is 16.7 Å². The smallest absolute Gasteiger partial charge is 0.164 e. The number of rotatable bonds is 0. The lowest BCUT2D eigenvalue weighted by molar-refractivity contribution is -0.125. The van der Waals surface area contributed by atoms with Crippen LogP contribution in [0.1, 0.15) is 33.6 Å². The number of fused-ring (bicyclic) bond motifs is 2. The molecule has 66 valence electrons. The lowest BCUT2D eigenvalue weighted by Crippen LogP contribution is -2.32. The Hall–Kier alpha value is -0.590. The summed E-state index contributed by atoms with van der Waals surface area (Å²) in [5.74, 6) is 0.777. The maximum absolute atomic E-state index is 11.8. The minimum atomic E-state index is -0.102. The van der Waals surface area contributed by atoms with Gasteiger partial charge in [0.05, 0.1) is 0 Å². The average molecular weight is 164 g/mol. The lowest BCUT2D eigenvalue weighted by atomic mass is 9.70. The van der Waals surface area contributed by atoms with E-state index in [1.165, 1.54) is 0 Å². The molecule has 0 radical (unpaired) electrons. The highest BCUT2D eigenvalue weighted by Gasteiger charge is 2.63. The van der Waals surface area contributed by atoms with Crippen LogP contribution in [-0.4, -0.2) is 5.78 Å². The Labute approximate surface area is 73.8 Å².